The number of carbonyl (C=O) groups is 4. The van der Waals surface area contributed by atoms with Crippen molar-refractivity contribution in [3.63, 3.8) is 0 Å². The predicted octanol–water partition coefficient (Wildman–Crippen LogP) is 10.9. The number of rotatable bonds is 11. The minimum absolute atomic E-state index is 0.0648. The van der Waals surface area contributed by atoms with Gasteiger partial charge in [0.05, 0.1) is 5.56 Å². The van der Waals surface area contributed by atoms with Gasteiger partial charge in [-0.15, -0.1) is 22.7 Å². The van der Waals surface area contributed by atoms with Crippen molar-refractivity contribution in [1.29, 1.82) is 0 Å². The Kier molecular flexibility index (Phi) is 21.4. The van der Waals surface area contributed by atoms with E-state index < -0.39 is 11.2 Å². The molecule has 72 heavy (non-hydrogen) atoms. The van der Waals surface area contributed by atoms with E-state index in [0.29, 0.717) is 62.5 Å². The molecule has 0 bridgehead atoms. The third kappa shape index (κ3) is 16.4. The first-order valence-electron chi connectivity index (χ1n) is 24.8. The number of H-pyrrole nitrogens is 2. The second-order valence-corrected chi connectivity index (χ2v) is 22.1. The van der Waals surface area contributed by atoms with Crippen LogP contribution in [0.25, 0.3) is 11.1 Å². The molecular formula is C55H78N6O9S2. The number of hydrogen-bond donors (Lipinski definition) is 4. The molecule has 2 aliphatic rings. The number of aryl methyl sites for hydroxylation is 4. The van der Waals surface area contributed by atoms with Gasteiger partial charge in [0.2, 0.25) is 0 Å². The molecular weight excluding hydrogens is 953 g/mol. The van der Waals surface area contributed by atoms with Crippen LogP contribution in [0.1, 0.15) is 164 Å². The van der Waals surface area contributed by atoms with Gasteiger partial charge in [-0.3, -0.25) is 19.2 Å². The van der Waals surface area contributed by atoms with Gasteiger partial charge in [0.15, 0.2) is 0 Å². The van der Waals surface area contributed by atoms with Crippen molar-refractivity contribution in [3.05, 3.63) is 120 Å². The molecule has 0 unspecified atom stereocenters. The lowest BCUT2D eigenvalue weighted by Gasteiger charge is -2.32. The molecule has 394 valence electrons. The van der Waals surface area contributed by atoms with Crippen LogP contribution in [0.2, 0.25) is 0 Å². The molecule has 15 nitrogen and oxygen atoms in total. The third-order valence-corrected chi connectivity index (χ3v) is 14.8. The van der Waals surface area contributed by atoms with Gasteiger partial charge in [0.1, 0.15) is 17.8 Å². The van der Waals surface area contributed by atoms with Gasteiger partial charge in [-0.1, -0.05) is 25.0 Å². The molecule has 6 heterocycles. The molecule has 2 aliphatic heterocycles. The molecule has 2 fully saturated rings. The van der Waals surface area contributed by atoms with Gasteiger partial charge < -0.3 is 45.0 Å². The molecule has 0 spiro atoms. The fraction of sp³-hybridized carbons (Fsp3) is 0.527. The standard InChI is InChI=1S/C27H37N3O4S.C20H29NO4S.C8H12N2O/c1-8-20(19-9-11-30(12-10-19)26(33)34-27(5,6)7)23-18(4)22(15-35-23)24(31)28-14-21-16(2)13-17(3)29-25(21)32;1-6-17(18-14(2)16(12-26-18)11-24-13-22)15-7-9-21(10-8-15)19(23)25-20(3,4)5;1-5-3-6(2)10-8(11)7(5)4-9/h13,15H,8-12,14H2,1-7H3,(H,28,31)(H,29,32);12-13H,6-11H2,1-5H3;3H,4,9H2,1-2H3,(H,10,11). The molecule has 4 aromatic rings. The van der Waals surface area contributed by atoms with Gasteiger partial charge in [0, 0.05) is 82.5 Å². The Hall–Kier alpha value is -5.78. The molecule has 5 N–H and O–H groups in total. The molecule has 0 aromatic carbocycles. The van der Waals surface area contributed by atoms with Crippen LogP contribution in [0.5, 0.6) is 0 Å². The number of nitrogens with one attached hydrogen (secondary N) is 3. The summed E-state index contributed by atoms with van der Waals surface area (Å²) in [7, 11) is 0. The van der Waals surface area contributed by atoms with Crippen molar-refractivity contribution in [2.24, 2.45) is 5.73 Å². The zero-order chi connectivity index (χ0) is 53.7. The van der Waals surface area contributed by atoms with Crippen LogP contribution in [0, 0.1) is 41.5 Å². The number of nitrogens with zero attached hydrogens (tertiary/aromatic N) is 2. The molecule has 17 heteroatoms. The van der Waals surface area contributed by atoms with Gasteiger partial charge in [-0.05, 0) is 173 Å². The smallest absolute Gasteiger partial charge is 0.410 e. The Morgan fingerprint density at radius 2 is 1.12 bits per heavy atom. The highest BCUT2D eigenvalue weighted by atomic mass is 32.1. The number of ether oxygens (including phenoxy) is 3. The van der Waals surface area contributed by atoms with E-state index in [1.807, 2.05) is 93.7 Å². The second kappa shape index (κ2) is 26.3. The summed E-state index contributed by atoms with van der Waals surface area (Å²) >= 11 is 3.29. The summed E-state index contributed by atoms with van der Waals surface area (Å²) in [5.41, 5.74) is 18.2. The Labute approximate surface area is 433 Å². The predicted molar refractivity (Wildman–Crippen MR) is 290 cm³/mol. The number of hydrogen-bond acceptors (Lipinski definition) is 12. The quantitative estimate of drug-likeness (QED) is 0.0826. The SMILES string of the molecule is CCC(=C1CCN(C(=O)OC(C)(C)C)CC1)c1scc(C(=O)NCc2c(C)cc(C)[nH]c2=O)c1C.CCC(=C1CCN(C(=O)OC(C)(C)C)CC1)c1scc(COC=O)c1C.Cc1cc(C)c(CN)c(=O)[nH]1. The number of aromatic amines is 2. The molecule has 3 amide bonds. The third-order valence-electron chi connectivity index (χ3n) is 12.5. The zero-order valence-electron chi connectivity index (χ0n) is 45.0. The second-order valence-electron chi connectivity index (χ2n) is 20.3. The minimum atomic E-state index is -0.501. The van der Waals surface area contributed by atoms with E-state index in [9.17, 15) is 28.8 Å². The molecule has 6 rings (SSSR count). The summed E-state index contributed by atoms with van der Waals surface area (Å²) in [5, 5.41) is 6.89. The van der Waals surface area contributed by atoms with Crippen LogP contribution in [-0.2, 0) is 38.7 Å². The topological polar surface area (TPSA) is 206 Å². The number of piperidine rings is 2. The lowest BCUT2D eigenvalue weighted by atomic mass is 9.93. The van der Waals surface area contributed by atoms with E-state index >= 15 is 0 Å². The molecule has 4 aromatic heterocycles. The lowest BCUT2D eigenvalue weighted by Crippen LogP contribution is -2.40. The van der Waals surface area contributed by atoms with E-state index in [2.05, 4.69) is 41.4 Å². The van der Waals surface area contributed by atoms with Crippen molar-refractivity contribution in [1.82, 2.24) is 25.1 Å². The van der Waals surface area contributed by atoms with E-state index in [1.165, 1.54) is 32.7 Å². The summed E-state index contributed by atoms with van der Waals surface area (Å²) in [6.07, 6.45) is 4.69. The van der Waals surface area contributed by atoms with Crippen LogP contribution < -0.4 is 22.2 Å². The first kappa shape index (κ1) is 58.8. The van der Waals surface area contributed by atoms with Crippen LogP contribution in [0.15, 0.2) is 43.6 Å². The molecule has 2 saturated heterocycles. The fourth-order valence-electron chi connectivity index (χ4n) is 8.77. The maximum atomic E-state index is 13.0. The van der Waals surface area contributed by atoms with Crippen LogP contribution in [0.4, 0.5) is 9.59 Å². The minimum Gasteiger partial charge on any atom is -0.463 e. The first-order chi connectivity index (χ1) is 33.8. The van der Waals surface area contributed by atoms with E-state index in [4.69, 9.17) is 19.9 Å². The van der Waals surface area contributed by atoms with Crippen molar-refractivity contribution in [2.75, 3.05) is 26.2 Å². The summed E-state index contributed by atoms with van der Waals surface area (Å²) in [6, 6.07) is 3.83. The Morgan fingerprint density at radius 3 is 1.53 bits per heavy atom. The normalized spacial score (nSPS) is 13.8. The maximum absolute atomic E-state index is 13.0. The zero-order valence-corrected chi connectivity index (χ0v) is 46.7. The van der Waals surface area contributed by atoms with Crippen LogP contribution in [0.3, 0.4) is 0 Å². The van der Waals surface area contributed by atoms with Crippen LogP contribution >= 0.6 is 22.7 Å². The summed E-state index contributed by atoms with van der Waals surface area (Å²) in [4.78, 5) is 82.9. The number of nitrogens with two attached hydrogens (primary N) is 1. The number of likely N-dealkylation sites (tertiary alicyclic amines) is 2. The summed E-state index contributed by atoms with van der Waals surface area (Å²) in [6.45, 7) is 31.1. The van der Waals surface area contributed by atoms with Gasteiger partial charge >= 0.3 is 12.2 Å². The molecule has 0 aliphatic carbocycles. The lowest BCUT2D eigenvalue weighted by molar-refractivity contribution is -0.129. The summed E-state index contributed by atoms with van der Waals surface area (Å²) < 4.78 is 15.9. The number of pyridine rings is 2. The number of carbonyl (C=O) groups excluding carboxylic acids is 4. The number of aromatic nitrogens is 2. The number of thiophene rings is 2. The molecule has 0 radical (unpaired) electrons. The summed E-state index contributed by atoms with van der Waals surface area (Å²) in [5.74, 6) is -0.176. The van der Waals surface area contributed by atoms with Gasteiger partial charge in [-0.2, -0.15) is 0 Å². The highest BCUT2D eigenvalue weighted by Crippen LogP contribution is 2.38. The highest BCUT2D eigenvalue weighted by Gasteiger charge is 2.28. The van der Waals surface area contributed by atoms with Gasteiger partial charge in [0.25, 0.3) is 23.5 Å². The van der Waals surface area contributed by atoms with E-state index in [-0.39, 0.29) is 35.8 Å². The average Bonchev–Trinajstić information content (AvgIpc) is 3.86. The highest BCUT2D eigenvalue weighted by molar-refractivity contribution is 7.11. The van der Waals surface area contributed by atoms with Crippen molar-refractivity contribution in [3.8, 4) is 0 Å². The Bertz CT molecular complexity index is 2720. The molecule has 0 saturated carbocycles. The van der Waals surface area contributed by atoms with Gasteiger partial charge in [-0.25, -0.2) is 9.59 Å². The molecule has 0 atom stereocenters. The van der Waals surface area contributed by atoms with Crippen molar-refractivity contribution in [2.45, 2.75) is 166 Å². The maximum Gasteiger partial charge on any atom is 0.410 e. The first-order valence-corrected chi connectivity index (χ1v) is 26.5. The Morgan fingerprint density at radius 1 is 0.694 bits per heavy atom. The van der Waals surface area contributed by atoms with Crippen molar-refractivity contribution < 1.29 is 33.4 Å². The van der Waals surface area contributed by atoms with E-state index in [0.717, 1.165) is 77.0 Å². The number of amides is 3. The van der Waals surface area contributed by atoms with Crippen LogP contribution in [-0.4, -0.2) is 81.7 Å². The number of allylic oxidation sites excluding steroid dienone is 2. The van der Waals surface area contributed by atoms with Crippen molar-refractivity contribution >= 4 is 58.4 Å². The Balaban J connectivity index is 0.000000265. The monoisotopic (exact) mass is 1030 g/mol. The largest absolute Gasteiger partial charge is 0.463 e. The average molecular weight is 1030 g/mol. The fourth-order valence-corrected chi connectivity index (χ4v) is 11.3. The van der Waals surface area contributed by atoms with E-state index in [1.54, 1.807) is 32.5 Å².